The second kappa shape index (κ2) is 10.0. The smallest absolute Gasteiger partial charge is 0.173 e. The molecule has 4 atom stereocenters. The summed E-state index contributed by atoms with van der Waals surface area (Å²) in [5.74, 6) is -5.05. The van der Waals surface area contributed by atoms with Crippen molar-refractivity contribution in [3.8, 4) is 34.5 Å². The Labute approximate surface area is 222 Å². The van der Waals surface area contributed by atoms with Crippen LogP contribution in [0.2, 0.25) is 0 Å². The molecule has 9 heteroatoms. The van der Waals surface area contributed by atoms with Crippen molar-refractivity contribution in [2.24, 2.45) is 11.8 Å². The average molecular weight is 529 g/mol. The molecule has 198 valence electrons. The lowest BCUT2D eigenvalue weighted by molar-refractivity contribution is 0.0256. The zero-order valence-electron chi connectivity index (χ0n) is 20.3. The summed E-state index contributed by atoms with van der Waals surface area (Å²) in [7, 11) is 0. The van der Waals surface area contributed by atoms with Gasteiger partial charge in [0.2, 0.25) is 0 Å². The molecule has 1 fully saturated rings. The SMILES string of the molecule is O=C(c1ccc(O)cc1O)C1C(c2ccc(O)cc2)OC(c2ccc(O)cc2O)C1C(=O)c1ccc(O)cc1. The third-order valence-electron chi connectivity index (χ3n) is 6.88. The third kappa shape index (κ3) is 4.83. The summed E-state index contributed by atoms with van der Waals surface area (Å²) in [6, 6.07) is 18.6. The number of phenolic OH excluding ortho intramolecular Hbond substituents is 6. The van der Waals surface area contributed by atoms with Gasteiger partial charge in [0.15, 0.2) is 11.6 Å². The fourth-order valence-corrected chi connectivity index (χ4v) is 5.02. The summed E-state index contributed by atoms with van der Waals surface area (Å²) < 4.78 is 6.35. The zero-order valence-corrected chi connectivity index (χ0v) is 20.3. The van der Waals surface area contributed by atoms with E-state index in [-0.39, 0.29) is 45.4 Å². The molecule has 0 bridgehead atoms. The number of ether oxygens (including phenoxy) is 1. The summed E-state index contributed by atoms with van der Waals surface area (Å²) in [5.41, 5.74) is 0.626. The first kappa shape index (κ1) is 25.6. The van der Waals surface area contributed by atoms with Crippen LogP contribution in [0.15, 0.2) is 84.9 Å². The van der Waals surface area contributed by atoms with Crippen molar-refractivity contribution in [2.75, 3.05) is 0 Å². The van der Waals surface area contributed by atoms with Crippen LogP contribution < -0.4 is 0 Å². The molecule has 1 heterocycles. The molecular formula is C30H24O9. The van der Waals surface area contributed by atoms with Crippen molar-refractivity contribution in [2.45, 2.75) is 12.2 Å². The fraction of sp³-hybridized carbons (Fsp3) is 0.133. The first-order chi connectivity index (χ1) is 18.6. The van der Waals surface area contributed by atoms with Crippen LogP contribution in [0.25, 0.3) is 0 Å². The number of hydrogen-bond acceptors (Lipinski definition) is 9. The van der Waals surface area contributed by atoms with Crippen LogP contribution >= 0.6 is 0 Å². The number of phenols is 6. The Bertz CT molecular complexity index is 1540. The highest BCUT2D eigenvalue weighted by molar-refractivity contribution is 6.07. The van der Waals surface area contributed by atoms with E-state index in [9.17, 15) is 40.2 Å². The summed E-state index contributed by atoms with van der Waals surface area (Å²) in [5, 5.41) is 60.4. The van der Waals surface area contributed by atoms with Crippen LogP contribution in [-0.4, -0.2) is 42.2 Å². The molecule has 1 aliphatic rings. The Morgan fingerprint density at radius 1 is 0.538 bits per heavy atom. The lowest BCUT2D eigenvalue weighted by atomic mass is 9.74. The van der Waals surface area contributed by atoms with E-state index < -0.39 is 41.4 Å². The molecule has 6 N–H and O–H groups in total. The van der Waals surface area contributed by atoms with Gasteiger partial charge in [-0.05, 0) is 66.2 Å². The van der Waals surface area contributed by atoms with E-state index in [0.29, 0.717) is 5.56 Å². The number of aromatic hydroxyl groups is 6. The maximum Gasteiger partial charge on any atom is 0.173 e. The second-order valence-corrected chi connectivity index (χ2v) is 9.34. The molecule has 4 unspecified atom stereocenters. The third-order valence-corrected chi connectivity index (χ3v) is 6.88. The molecule has 0 aromatic heterocycles. The van der Waals surface area contributed by atoms with Gasteiger partial charge in [-0.25, -0.2) is 0 Å². The molecule has 0 amide bonds. The monoisotopic (exact) mass is 528 g/mol. The Balaban J connectivity index is 1.71. The standard InChI is InChI=1S/C30H24O9/c31-17-5-1-15(2-6-17)27(37)25-26(28(38)21-11-9-19(33)13-23(21)35)29(16-3-7-18(32)8-4-16)39-30(25)22-12-10-20(34)14-24(22)36/h1-14,25-26,29-36H. The normalized spacial score (nSPS) is 20.5. The molecule has 4 aromatic rings. The van der Waals surface area contributed by atoms with Gasteiger partial charge in [-0.1, -0.05) is 12.1 Å². The van der Waals surface area contributed by atoms with Crippen LogP contribution in [0.3, 0.4) is 0 Å². The average Bonchev–Trinajstić information content (AvgIpc) is 3.29. The Hall–Kier alpha value is -5.02. The Kier molecular flexibility index (Phi) is 6.59. The van der Waals surface area contributed by atoms with Crippen LogP contribution in [0.1, 0.15) is 44.1 Å². The lowest BCUT2D eigenvalue weighted by Crippen LogP contribution is -2.31. The van der Waals surface area contributed by atoms with Crippen LogP contribution in [0, 0.1) is 11.8 Å². The van der Waals surface area contributed by atoms with Gasteiger partial charge in [-0.15, -0.1) is 0 Å². The first-order valence-electron chi connectivity index (χ1n) is 12.0. The molecule has 0 aliphatic carbocycles. The molecule has 0 saturated carbocycles. The number of benzene rings is 4. The van der Waals surface area contributed by atoms with Crippen molar-refractivity contribution < 1.29 is 45.0 Å². The molecule has 4 aromatic carbocycles. The molecular weight excluding hydrogens is 504 g/mol. The quantitative estimate of drug-likeness (QED) is 0.194. The van der Waals surface area contributed by atoms with Crippen LogP contribution in [0.4, 0.5) is 0 Å². The molecule has 1 saturated heterocycles. The van der Waals surface area contributed by atoms with Gasteiger partial charge < -0.3 is 35.4 Å². The number of ketones is 2. The number of hydrogen-bond donors (Lipinski definition) is 6. The van der Waals surface area contributed by atoms with E-state index in [1.165, 1.54) is 72.8 Å². The van der Waals surface area contributed by atoms with E-state index in [2.05, 4.69) is 0 Å². The van der Waals surface area contributed by atoms with Crippen molar-refractivity contribution in [1.29, 1.82) is 0 Å². The van der Waals surface area contributed by atoms with Gasteiger partial charge in [0.05, 0.1) is 29.6 Å². The van der Waals surface area contributed by atoms with Gasteiger partial charge in [0.25, 0.3) is 0 Å². The van der Waals surface area contributed by atoms with Gasteiger partial charge in [0.1, 0.15) is 34.5 Å². The van der Waals surface area contributed by atoms with Gasteiger partial charge in [-0.3, -0.25) is 9.59 Å². The summed E-state index contributed by atoms with van der Waals surface area (Å²) in [6.07, 6.45) is -2.23. The van der Waals surface area contributed by atoms with E-state index in [4.69, 9.17) is 4.74 Å². The summed E-state index contributed by atoms with van der Waals surface area (Å²) in [4.78, 5) is 28.1. The number of Topliss-reactive ketones (excluding diaryl/α,β-unsaturated/α-hetero) is 2. The maximum absolute atomic E-state index is 14.1. The molecule has 1 aliphatic heterocycles. The highest BCUT2D eigenvalue weighted by atomic mass is 16.5. The van der Waals surface area contributed by atoms with E-state index in [1.807, 2.05) is 0 Å². The van der Waals surface area contributed by atoms with Crippen LogP contribution in [-0.2, 0) is 4.74 Å². The Morgan fingerprint density at radius 3 is 1.64 bits per heavy atom. The van der Waals surface area contributed by atoms with Gasteiger partial charge >= 0.3 is 0 Å². The van der Waals surface area contributed by atoms with Crippen molar-refractivity contribution >= 4 is 11.6 Å². The summed E-state index contributed by atoms with van der Waals surface area (Å²) in [6.45, 7) is 0. The minimum absolute atomic E-state index is 0.0275. The van der Waals surface area contributed by atoms with Crippen molar-refractivity contribution in [3.63, 3.8) is 0 Å². The first-order valence-corrected chi connectivity index (χ1v) is 12.0. The largest absolute Gasteiger partial charge is 0.508 e. The maximum atomic E-state index is 14.1. The highest BCUT2D eigenvalue weighted by Gasteiger charge is 2.53. The number of carbonyl (C=O) groups is 2. The predicted octanol–water partition coefficient (Wildman–Crippen LogP) is 4.73. The topological polar surface area (TPSA) is 165 Å². The highest BCUT2D eigenvalue weighted by Crippen LogP contribution is 2.54. The molecule has 0 spiro atoms. The number of rotatable bonds is 6. The Morgan fingerprint density at radius 2 is 1.05 bits per heavy atom. The zero-order chi connectivity index (χ0) is 27.8. The van der Waals surface area contributed by atoms with E-state index in [0.717, 1.165) is 12.1 Å². The van der Waals surface area contributed by atoms with E-state index in [1.54, 1.807) is 0 Å². The minimum Gasteiger partial charge on any atom is -0.508 e. The lowest BCUT2D eigenvalue weighted by Gasteiger charge is -2.23. The van der Waals surface area contributed by atoms with Gasteiger partial charge in [-0.2, -0.15) is 0 Å². The molecule has 39 heavy (non-hydrogen) atoms. The fourth-order valence-electron chi connectivity index (χ4n) is 5.02. The van der Waals surface area contributed by atoms with Crippen LogP contribution in [0.5, 0.6) is 34.5 Å². The molecule has 0 radical (unpaired) electrons. The molecule has 5 rings (SSSR count). The molecule has 9 nitrogen and oxygen atoms in total. The van der Waals surface area contributed by atoms with Crippen molar-refractivity contribution in [3.05, 3.63) is 107 Å². The predicted molar refractivity (Wildman–Crippen MR) is 138 cm³/mol. The number of carbonyl (C=O) groups excluding carboxylic acids is 2. The minimum atomic E-state index is -1.23. The van der Waals surface area contributed by atoms with Gasteiger partial charge in [0, 0.05) is 23.3 Å². The second-order valence-electron chi connectivity index (χ2n) is 9.34. The van der Waals surface area contributed by atoms with E-state index >= 15 is 0 Å². The summed E-state index contributed by atoms with van der Waals surface area (Å²) >= 11 is 0. The van der Waals surface area contributed by atoms with Crippen molar-refractivity contribution in [1.82, 2.24) is 0 Å².